The van der Waals surface area contributed by atoms with Gasteiger partial charge in [0.2, 0.25) is 5.91 Å². The third-order valence-electron chi connectivity index (χ3n) is 2.92. The minimum atomic E-state index is -0.907. The van der Waals surface area contributed by atoms with Gasteiger partial charge in [0.05, 0.1) is 6.54 Å². The summed E-state index contributed by atoms with van der Waals surface area (Å²) in [6.07, 6.45) is 0.919. The summed E-state index contributed by atoms with van der Waals surface area (Å²) in [5, 5.41) is 8.44. The van der Waals surface area contributed by atoms with Gasteiger partial charge in [0.15, 0.2) is 0 Å². The molecule has 0 aliphatic carbocycles. The van der Waals surface area contributed by atoms with Crippen molar-refractivity contribution in [2.24, 2.45) is 0 Å². The molecule has 1 N–H and O–H groups in total. The van der Waals surface area contributed by atoms with E-state index in [4.69, 9.17) is 9.84 Å². The van der Waals surface area contributed by atoms with E-state index in [2.05, 4.69) is 0 Å². The van der Waals surface area contributed by atoms with E-state index >= 15 is 0 Å². The van der Waals surface area contributed by atoms with Crippen molar-refractivity contribution in [2.75, 3.05) is 6.54 Å². The van der Waals surface area contributed by atoms with Crippen molar-refractivity contribution in [1.82, 2.24) is 4.90 Å². The van der Waals surface area contributed by atoms with E-state index in [0.29, 0.717) is 19.4 Å². The average Bonchev–Trinajstić information content (AvgIpc) is 2.75. The van der Waals surface area contributed by atoms with Crippen LogP contribution in [0.25, 0.3) is 0 Å². The van der Waals surface area contributed by atoms with Gasteiger partial charge in [0, 0.05) is 19.3 Å². The maximum absolute atomic E-state index is 11.7. The first-order valence-corrected chi connectivity index (χ1v) is 5.29. The fraction of sp³-hybridized carbons (Fsp3) is 0.700. The highest BCUT2D eigenvalue weighted by molar-refractivity contribution is 5.87. The molecule has 2 saturated heterocycles. The quantitative estimate of drug-likeness (QED) is 0.670. The number of amides is 1. The van der Waals surface area contributed by atoms with E-state index in [0.717, 1.165) is 0 Å². The van der Waals surface area contributed by atoms with Crippen LogP contribution < -0.4 is 0 Å². The van der Waals surface area contributed by atoms with Crippen LogP contribution in [-0.2, 0) is 19.1 Å². The molecule has 0 aromatic rings. The normalized spacial score (nSPS) is 27.0. The molecular weight excluding hydrogens is 214 g/mol. The fourth-order valence-corrected chi connectivity index (χ4v) is 2.16. The molecule has 0 radical (unpaired) electrons. The van der Waals surface area contributed by atoms with Crippen molar-refractivity contribution >= 4 is 17.8 Å². The number of likely N-dealkylation sites (tertiary alicyclic amines) is 1. The second-order valence-corrected chi connectivity index (χ2v) is 4.10. The minimum Gasteiger partial charge on any atom is -0.481 e. The molecule has 16 heavy (non-hydrogen) atoms. The van der Waals surface area contributed by atoms with Crippen LogP contribution in [-0.4, -0.2) is 46.5 Å². The molecule has 2 heterocycles. The van der Waals surface area contributed by atoms with Crippen molar-refractivity contribution in [3.05, 3.63) is 0 Å². The number of esters is 1. The lowest BCUT2D eigenvalue weighted by Gasteiger charge is -2.25. The summed E-state index contributed by atoms with van der Waals surface area (Å²) in [4.78, 5) is 34.7. The summed E-state index contributed by atoms with van der Waals surface area (Å²) in [6.45, 7) is 0.461. The SMILES string of the molecule is O=C(O)CCCC(=O)N1CC2CC1C(=O)O2. The Hall–Kier alpha value is -1.59. The molecule has 1 amide bonds. The number of hydrogen-bond acceptors (Lipinski definition) is 4. The fourth-order valence-electron chi connectivity index (χ4n) is 2.16. The van der Waals surface area contributed by atoms with Crippen LogP contribution in [0, 0.1) is 0 Å². The number of nitrogens with zero attached hydrogens (tertiary/aromatic N) is 1. The van der Waals surface area contributed by atoms with Crippen molar-refractivity contribution in [3.63, 3.8) is 0 Å². The zero-order chi connectivity index (χ0) is 11.7. The molecule has 0 aromatic carbocycles. The van der Waals surface area contributed by atoms with Crippen LogP contribution in [0.1, 0.15) is 25.7 Å². The molecule has 2 fully saturated rings. The van der Waals surface area contributed by atoms with Gasteiger partial charge in [-0.2, -0.15) is 0 Å². The maximum atomic E-state index is 11.7. The third kappa shape index (κ3) is 2.00. The van der Waals surface area contributed by atoms with E-state index in [-0.39, 0.29) is 30.8 Å². The van der Waals surface area contributed by atoms with Crippen LogP contribution in [0.15, 0.2) is 0 Å². The summed E-state index contributed by atoms with van der Waals surface area (Å²) in [6, 6.07) is -0.428. The molecule has 2 bridgehead atoms. The van der Waals surface area contributed by atoms with Crippen molar-refractivity contribution in [2.45, 2.75) is 37.8 Å². The van der Waals surface area contributed by atoms with E-state index in [1.54, 1.807) is 0 Å². The molecular formula is C10H13NO5. The Kier molecular flexibility index (Phi) is 2.80. The van der Waals surface area contributed by atoms with Gasteiger partial charge in [-0.3, -0.25) is 9.59 Å². The second-order valence-electron chi connectivity index (χ2n) is 4.10. The number of rotatable bonds is 4. The van der Waals surface area contributed by atoms with Crippen LogP contribution in [0.2, 0.25) is 0 Å². The van der Waals surface area contributed by atoms with Crippen LogP contribution in [0.4, 0.5) is 0 Å². The summed E-state index contributed by atoms with van der Waals surface area (Å²) < 4.78 is 4.96. The lowest BCUT2D eigenvalue weighted by Crippen LogP contribution is -2.44. The molecule has 2 aliphatic rings. The highest BCUT2D eigenvalue weighted by Gasteiger charge is 2.48. The molecule has 2 aliphatic heterocycles. The first-order valence-electron chi connectivity index (χ1n) is 5.29. The first kappa shape index (κ1) is 10.9. The lowest BCUT2D eigenvalue weighted by atomic mass is 10.2. The lowest BCUT2D eigenvalue weighted by molar-refractivity contribution is -0.157. The molecule has 0 spiro atoms. The van der Waals surface area contributed by atoms with Gasteiger partial charge in [-0.1, -0.05) is 0 Å². The van der Waals surface area contributed by atoms with Gasteiger partial charge < -0.3 is 14.7 Å². The first-order chi connectivity index (χ1) is 7.58. The largest absolute Gasteiger partial charge is 0.481 e. The van der Waals surface area contributed by atoms with Crippen LogP contribution >= 0.6 is 0 Å². The molecule has 6 heteroatoms. The number of morpholine rings is 1. The number of fused-ring (bicyclic) bond motifs is 2. The van der Waals surface area contributed by atoms with Crippen LogP contribution in [0.3, 0.4) is 0 Å². The maximum Gasteiger partial charge on any atom is 0.329 e. The van der Waals surface area contributed by atoms with E-state index in [1.807, 2.05) is 0 Å². The molecule has 0 aromatic heterocycles. The minimum absolute atomic E-state index is 0.0158. The Morgan fingerprint density at radius 2 is 2.19 bits per heavy atom. The van der Waals surface area contributed by atoms with Gasteiger partial charge in [0.1, 0.15) is 12.1 Å². The standard InChI is InChI=1S/C10H13NO5/c12-8(2-1-3-9(13)14)11-5-6-4-7(11)10(15)16-6/h6-7H,1-5H2,(H,13,14). The van der Waals surface area contributed by atoms with Gasteiger partial charge in [0.25, 0.3) is 0 Å². The smallest absolute Gasteiger partial charge is 0.329 e. The molecule has 2 rings (SSSR count). The number of hydrogen-bond donors (Lipinski definition) is 1. The molecule has 2 atom stereocenters. The van der Waals surface area contributed by atoms with Crippen molar-refractivity contribution < 1.29 is 24.2 Å². The van der Waals surface area contributed by atoms with Gasteiger partial charge in [-0.05, 0) is 6.42 Å². The number of carboxylic acids is 1. The molecule has 0 saturated carbocycles. The zero-order valence-electron chi connectivity index (χ0n) is 8.72. The third-order valence-corrected chi connectivity index (χ3v) is 2.92. The predicted octanol–water partition coefficient (Wildman–Crippen LogP) is -0.232. The Labute approximate surface area is 92.2 Å². The monoisotopic (exact) mass is 227 g/mol. The Bertz CT molecular complexity index is 340. The number of carboxylic acid groups (broad SMARTS) is 1. The number of ether oxygens (including phenoxy) is 1. The second kappa shape index (κ2) is 4.11. The zero-order valence-corrected chi connectivity index (χ0v) is 8.72. The van der Waals surface area contributed by atoms with Gasteiger partial charge in [-0.25, -0.2) is 4.79 Å². The highest BCUT2D eigenvalue weighted by Crippen LogP contribution is 2.29. The molecule has 88 valence electrons. The summed E-state index contributed by atoms with van der Waals surface area (Å²) in [7, 11) is 0. The van der Waals surface area contributed by atoms with Gasteiger partial charge >= 0.3 is 11.9 Å². The number of carbonyl (C=O) groups is 3. The average molecular weight is 227 g/mol. The van der Waals surface area contributed by atoms with Gasteiger partial charge in [-0.15, -0.1) is 0 Å². The number of aliphatic carboxylic acids is 1. The highest BCUT2D eigenvalue weighted by atomic mass is 16.6. The van der Waals surface area contributed by atoms with Crippen molar-refractivity contribution in [3.8, 4) is 0 Å². The predicted molar refractivity (Wildman–Crippen MR) is 51.5 cm³/mol. The Morgan fingerprint density at radius 1 is 1.44 bits per heavy atom. The summed E-state index contributed by atoms with van der Waals surface area (Å²) in [5.41, 5.74) is 0. The van der Waals surface area contributed by atoms with E-state index in [1.165, 1.54) is 4.90 Å². The topological polar surface area (TPSA) is 83.9 Å². The Balaban J connectivity index is 1.82. The summed E-state index contributed by atoms with van der Waals surface area (Å²) >= 11 is 0. The van der Waals surface area contributed by atoms with Crippen LogP contribution in [0.5, 0.6) is 0 Å². The van der Waals surface area contributed by atoms with E-state index < -0.39 is 12.0 Å². The summed E-state index contributed by atoms with van der Waals surface area (Å²) in [5.74, 6) is -1.39. The molecule has 2 unspecified atom stereocenters. The number of carbonyl (C=O) groups excluding carboxylic acids is 2. The Morgan fingerprint density at radius 3 is 2.75 bits per heavy atom. The molecule has 6 nitrogen and oxygen atoms in total. The van der Waals surface area contributed by atoms with Crippen molar-refractivity contribution in [1.29, 1.82) is 0 Å². The van der Waals surface area contributed by atoms with E-state index in [9.17, 15) is 14.4 Å².